The third-order valence-corrected chi connectivity index (χ3v) is 3.05. The number of carboxylic acid groups (broad SMARTS) is 1. The fraction of sp³-hybridized carbons (Fsp3) is 0.462. The molecule has 0 spiro atoms. The summed E-state index contributed by atoms with van der Waals surface area (Å²) in [5.74, 6) is -0.955. The molecule has 1 fully saturated rings. The average molecular weight is 232 g/mol. The Morgan fingerprint density at radius 1 is 1.41 bits per heavy atom. The van der Waals surface area contributed by atoms with E-state index in [1.165, 1.54) is 19.3 Å². The lowest BCUT2D eigenvalue weighted by Gasteiger charge is -2.17. The van der Waals surface area contributed by atoms with Crippen LogP contribution in [0.5, 0.6) is 0 Å². The fourth-order valence-electron chi connectivity index (χ4n) is 2.11. The molecule has 0 amide bonds. The van der Waals surface area contributed by atoms with Crippen molar-refractivity contribution >= 4 is 12.2 Å². The number of aliphatic imine (C=N–C) groups is 1. The third-order valence-electron chi connectivity index (χ3n) is 3.05. The monoisotopic (exact) mass is 232 g/mol. The highest BCUT2D eigenvalue weighted by atomic mass is 16.4. The number of carbonyl (C=O) groups is 1. The molecule has 17 heavy (non-hydrogen) atoms. The summed E-state index contributed by atoms with van der Waals surface area (Å²) in [6.45, 7) is 0. The minimum Gasteiger partial charge on any atom is -0.478 e. The molecular formula is C13H16N2O2. The first-order chi connectivity index (χ1) is 8.27. The van der Waals surface area contributed by atoms with Crippen LogP contribution in [0.15, 0.2) is 23.3 Å². The number of rotatable bonds is 3. The number of pyridine rings is 1. The summed E-state index contributed by atoms with van der Waals surface area (Å²) in [5.41, 5.74) is 0.664. The molecule has 1 N–H and O–H groups in total. The highest BCUT2D eigenvalue weighted by Crippen LogP contribution is 2.20. The molecule has 1 heterocycles. The van der Waals surface area contributed by atoms with Gasteiger partial charge in [-0.3, -0.25) is 9.98 Å². The molecule has 1 aromatic heterocycles. The molecular weight excluding hydrogens is 216 g/mol. The van der Waals surface area contributed by atoms with Crippen molar-refractivity contribution in [1.29, 1.82) is 0 Å². The van der Waals surface area contributed by atoms with Crippen molar-refractivity contribution in [2.24, 2.45) is 4.99 Å². The lowest BCUT2D eigenvalue weighted by Crippen LogP contribution is -2.11. The zero-order valence-corrected chi connectivity index (χ0v) is 9.67. The van der Waals surface area contributed by atoms with E-state index >= 15 is 0 Å². The molecule has 0 atom stereocenters. The molecule has 4 heteroatoms. The minimum absolute atomic E-state index is 0.215. The van der Waals surface area contributed by atoms with Gasteiger partial charge in [0, 0.05) is 12.4 Å². The highest BCUT2D eigenvalue weighted by Gasteiger charge is 2.12. The first kappa shape index (κ1) is 11.8. The summed E-state index contributed by atoms with van der Waals surface area (Å²) >= 11 is 0. The van der Waals surface area contributed by atoms with E-state index in [0.717, 1.165) is 12.8 Å². The van der Waals surface area contributed by atoms with Crippen molar-refractivity contribution in [1.82, 2.24) is 4.98 Å². The van der Waals surface area contributed by atoms with Crippen LogP contribution >= 0.6 is 0 Å². The van der Waals surface area contributed by atoms with Gasteiger partial charge in [-0.1, -0.05) is 19.3 Å². The molecule has 1 aliphatic rings. The van der Waals surface area contributed by atoms with Crippen LogP contribution in [0.1, 0.15) is 48.2 Å². The van der Waals surface area contributed by atoms with Crippen molar-refractivity contribution in [3.8, 4) is 0 Å². The maximum absolute atomic E-state index is 11.0. The Morgan fingerprint density at radius 2 is 2.18 bits per heavy atom. The lowest BCUT2D eigenvalue weighted by molar-refractivity contribution is 0.0696. The summed E-state index contributed by atoms with van der Waals surface area (Å²) in [4.78, 5) is 19.5. The average Bonchev–Trinajstić information content (AvgIpc) is 2.38. The van der Waals surface area contributed by atoms with Crippen LogP contribution in [0, 0.1) is 0 Å². The van der Waals surface area contributed by atoms with E-state index in [1.54, 1.807) is 24.5 Å². The van der Waals surface area contributed by atoms with Crippen molar-refractivity contribution in [2.75, 3.05) is 0 Å². The first-order valence-electron chi connectivity index (χ1n) is 5.99. The number of carboxylic acids is 1. The lowest BCUT2D eigenvalue weighted by atomic mass is 9.96. The second-order valence-electron chi connectivity index (χ2n) is 4.31. The van der Waals surface area contributed by atoms with Crippen LogP contribution in [-0.2, 0) is 0 Å². The summed E-state index contributed by atoms with van der Waals surface area (Å²) in [6.07, 6.45) is 9.13. The Hall–Kier alpha value is -1.71. The zero-order valence-electron chi connectivity index (χ0n) is 9.67. The predicted molar refractivity (Wildman–Crippen MR) is 65.7 cm³/mol. The van der Waals surface area contributed by atoms with Gasteiger partial charge in [-0.2, -0.15) is 0 Å². The maximum Gasteiger partial charge on any atom is 0.337 e. The Morgan fingerprint density at radius 3 is 2.88 bits per heavy atom. The first-order valence-corrected chi connectivity index (χ1v) is 5.99. The van der Waals surface area contributed by atoms with Gasteiger partial charge in [0.15, 0.2) is 0 Å². The second kappa shape index (κ2) is 5.57. The van der Waals surface area contributed by atoms with Crippen LogP contribution in [0.4, 0.5) is 0 Å². The van der Waals surface area contributed by atoms with Gasteiger partial charge in [-0.25, -0.2) is 4.79 Å². The predicted octanol–water partition coefficient (Wildman–Crippen LogP) is 2.53. The molecule has 0 radical (unpaired) electrons. The smallest absolute Gasteiger partial charge is 0.337 e. The Labute approximate surface area is 100 Å². The Kier molecular flexibility index (Phi) is 3.85. The molecule has 0 bridgehead atoms. The van der Waals surface area contributed by atoms with Crippen molar-refractivity contribution < 1.29 is 9.90 Å². The van der Waals surface area contributed by atoms with Crippen LogP contribution in [-0.4, -0.2) is 28.3 Å². The Bertz CT molecular complexity index is 423. The molecule has 2 rings (SSSR count). The summed E-state index contributed by atoms with van der Waals surface area (Å²) < 4.78 is 0. The SMILES string of the molecule is O=C(O)c1cccnc1C=NC1CCCCC1. The maximum atomic E-state index is 11.0. The van der Waals surface area contributed by atoms with Gasteiger partial charge in [-0.05, 0) is 25.0 Å². The normalized spacial score (nSPS) is 17.4. The highest BCUT2D eigenvalue weighted by molar-refractivity contribution is 5.96. The van der Waals surface area contributed by atoms with Gasteiger partial charge in [0.05, 0.1) is 17.3 Å². The fourth-order valence-corrected chi connectivity index (χ4v) is 2.11. The molecule has 0 aromatic carbocycles. The number of hydrogen-bond acceptors (Lipinski definition) is 3. The van der Waals surface area contributed by atoms with Gasteiger partial charge in [0.2, 0.25) is 0 Å². The largest absolute Gasteiger partial charge is 0.478 e. The Balaban J connectivity index is 2.11. The van der Waals surface area contributed by atoms with Gasteiger partial charge < -0.3 is 5.11 Å². The summed E-state index contributed by atoms with van der Waals surface area (Å²) in [6, 6.07) is 3.52. The summed E-state index contributed by atoms with van der Waals surface area (Å²) in [5, 5.41) is 9.00. The van der Waals surface area contributed by atoms with Crippen molar-refractivity contribution in [2.45, 2.75) is 38.1 Å². The van der Waals surface area contributed by atoms with E-state index < -0.39 is 5.97 Å². The van der Waals surface area contributed by atoms with E-state index in [9.17, 15) is 4.79 Å². The molecule has 0 saturated heterocycles. The van der Waals surface area contributed by atoms with E-state index in [1.807, 2.05) is 0 Å². The summed E-state index contributed by atoms with van der Waals surface area (Å²) in [7, 11) is 0. The zero-order chi connectivity index (χ0) is 12.1. The van der Waals surface area contributed by atoms with Crippen LogP contribution < -0.4 is 0 Å². The third kappa shape index (κ3) is 3.12. The van der Waals surface area contributed by atoms with Gasteiger partial charge in [-0.15, -0.1) is 0 Å². The van der Waals surface area contributed by atoms with Gasteiger partial charge >= 0.3 is 5.97 Å². The number of aromatic carboxylic acids is 1. The molecule has 0 aliphatic heterocycles. The van der Waals surface area contributed by atoms with Gasteiger partial charge in [0.25, 0.3) is 0 Å². The molecule has 1 aliphatic carbocycles. The van der Waals surface area contributed by atoms with E-state index in [2.05, 4.69) is 9.98 Å². The van der Waals surface area contributed by atoms with Crippen LogP contribution in [0.25, 0.3) is 0 Å². The minimum atomic E-state index is -0.955. The van der Waals surface area contributed by atoms with Crippen molar-refractivity contribution in [3.63, 3.8) is 0 Å². The molecule has 0 unspecified atom stereocenters. The second-order valence-corrected chi connectivity index (χ2v) is 4.31. The quantitative estimate of drug-likeness (QED) is 0.814. The molecule has 1 aromatic rings. The van der Waals surface area contributed by atoms with Crippen LogP contribution in [0.3, 0.4) is 0 Å². The number of hydrogen-bond donors (Lipinski definition) is 1. The van der Waals surface area contributed by atoms with E-state index in [-0.39, 0.29) is 5.56 Å². The van der Waals surface area contributed by atoms with Crippen molar-refractivity contribution in [3.05, 3.63) is 29.6 Å². The van der Waals surface area contributed by atoms with E-state index in [0.29, 0.717) is 11.7 Å². The number of aromatic nitrogens is 1. The topological polar surface area (TPSA) is 62.5 Å². The van der Waals surface area contributed by atoms with E-state index in [4.69, 9.17) is 5.11 Å². The molecule has 90 valence electrons. The van der Waals surface area contributed by atoms with Gasteiger partial charge in [0.1, 0.15) is 0 Å². The molecule has 4 nitrogen and oxygen atoms in total. The molecule has 1 saturated carbocycles. The number of nitrogens with zero attached hydrogens (tertiary/aromatic N) is 2. The van der Waals surface area contributed by atoms with Crippen LogP contribution in [0.2, 0.25) is 0 Å². The standard InChI is InChI=1S/C13H16N2O2/c16-13(17)11-7-4-8-14-12(11)9-15-10-5-2-1-3-6-10/h4,7-10H,1-3,5-6H2,(H,16,17).